The summed E-state index contributed by atoms with van der Waals surface area (Å²) in [6, 6.07) is 14.4. The Morgan fingerprint density at radius 1 is 1.20 bits per heavy atom. The van der Waals surface area contributed by atoms with Crippen LogP contribution in [0.2, 0.25) is 0 Å². The van der Waals surface area contributed by atoms with Crippen LogP contribution in [-0.4, -0.2) is 39.7 Å². The number of ketones is 1. The zero-order valence-electron chi connectivity index (χ0n) is 16.7. The lowest BCUT2D eigenvalue weighted by Gasteiger charge is -2.12. The number of ether oxygens (including phenoxy) is 1. The van der Waals surface area contributed by atoms with E-state index in [2.05, 4.69) is 10.3 Å². The molecule has 1 N–H and O–H groups in total. The smallest absolute Gasteiger partial charge is 0.256 e. The van der Waals surface area contributed by atoms with E-state index in [0.717, 1.165) is 30.1 Å². The number of imidazole rings is 1. The number of amides is 1. The fourth-order valence-corrected chi connectivity index (χ4v) is 4.47. The molecule has 0 saturated carbocycles. The highest BCUT2D eigenvalue weighted by Crippen LogP contribution is 2.27. The molecule has 154 valence electrons. The van der Waals surface area contributed by atoms with Gasteiger partial charge in [-0.2, -0.15) is 0 Å². The van der Waals surface area contributed by atoms with E-state index in [0.29, 0.717) is 22.6 Å². The van der Waals surface area contributed by atoms with Crippen LogP contribution in [0.15, 0.2) is 65.8 Å². The molecule has 2 aromatic carbocycles. The highest BCUT2D eigenvalue weighted by molar-refractivity contribution is 7.99. The third-order valence-corrected chi connectivity index (χ3v) is 6.22. The molecule has 6 nitrogen and oxygen atoms in total. The second kappa shape index (κ2) is 9.28. The van der Waals surface area contributed by atoms with Gasteiger partial charge in [0, 0.05) is 47.9 Å². The van der Waals surface area contributed by atoms with Gasteiger partial charge in [0.05, 0.1) is 11.7 Å². The van der Waals surface area contributed by atoms with Crippen molar-refractivity contribution in [3.63, 3.8) is 0 Å². The zero-order chi connectivity index (χ0) is 20.9. The Morgan fingerprint density at radius 3 is 2.70 bits per heavy atom. The van der Waals surface area contributed by atoms with Crippen molar-refractivity contribution in [2.24, 2.45) is 7.05 Å². The van der Waals surface area contributed by atoms with Crippen molar-refractivity contribution in [1.29, 1.82) is 0 Å². The number of hydrogen-bond acceptors (Lipinski definition) is 5. The molecule has 2 heterocycles. The maximum Gasteiger partial charge on any atom is 0.256 e. The summed E-state index contributed by atoms with van der Waals surface area (Å²) in [5.41, 5.74) is 1.79. The molecule has 30 heavy (non-hydrogen) atoms. The van der Waals surface area contributed by atoms with Crippen molar-refractivity contribution in [3.8, 4) is 0 Å². The Kier molecular flexibility index (Phi) is 6.30. The van der Waals surface area contributed by atoms with E-state index in [9.17, 15) is 9.59 Å². The van der Waals surface area contributed by atoms with Crippen molar-refractivity contribution in [2.45, 2.75) is 23.8 Å². The molecule has 1 saturated heterocycles. The van der Waals surface area contributed by atoms with Gasteiger partial charge in [-0.25, -0.2) is 4.98 Å². The summed E-state index contributed by atoms with van der Waals surface area (Å²) in [5, 5.41) is 2.92. The van der Waals surface area contributed by atoms with Crippen LogP contribution in [0.1, 0.15) is 39.4 Å². The van der Waals surface area contributed by atoms with E-state index in [4.69, 9.17) is 4.74 Å². The van der Waals surface area contributed by atoms with Crippen LogP contribution in [0.5, 0.6) is 0 Å². The number of benzene rings is 2. The van der Waals surface area contributed by atoms with Crippen molar-refractivity contribution in [1.82, 2.24) is 9.55 Å². The van der Waals surface area contributed by atoms with E-state index in [1.807, 2.05) is 24.3 Å². The van der Waals surface area contributed by atoms with Crippen molar-refractivity contribution in [3.05, 3.63) is 77.9 Å². The van der Waals surface area contributed by atoms with Gasteiger partial charge >= 0.3 is 0 Å². The lowest BCUT2D eigenvalue weighted by Crippen LogP contribution is -2.14. The molecule has 3 aromatic rings. The number of carbonyl (C=O) groups is 2. The molecule has 1 fully saturated rings. The molecule has 1 amide bonds. The number of thioether (sulfide) groups is 1. The largest absolute Gasteiger partial charge is 0.377 e. The first-order chi connectivity index (χ1) is 14.6. The summed E-state index contributed by atoms with van der Waals surface area (Å²) in [6.45, 7) is 0.825. The lowest BCUT2D eigenvalue weighted by molar-refractivity contribution is 0.101. The predicted molar refractivity (Wildman–Crippen MR) is 117 cm³/mol. The van der Waals surface area contributed by atoms with Crippen LogP contribution >= 0.6 is 11.8 Å². The molecule has 1 aliphatic heterocycles. The lowest BCUT2D eigenvalue weighted by atomic mass is 10.1. The van der Waals surface area contributed by atoms with Gasteiger partial charge in [-0.3, -0.25) is 9.59 Å². The number of aromatic nitrogens is 2. The number of aryl methyl sites for hydroxylation is 1. The molecule has 4 rings (SSSR count). The molecule has 0 aliphatic carbocycles. The van der Waals surface area contributed by atoms with Crippen molar-refractivity contribution >= 4 is 29.1 Å². The number of nitrogens with zero attached hydrogens (tertiary/aromatic N) is 2. The summed E-state index contributed by atoms with van der Waals surface area (Å²) >= 11 is 1.65. The first-order valence-electron chi connectivity index (χ1n) is 9.88. The van der Waals surface area contributed by atoms with Gasteiger partial charge in [0.1, 0.15) is 0 Å². The second-order valence-electron chi connectivity index (χ2n) is 7.16. The van der Waals surface area contributed by atoms with Crippen molar-refractivity contribution < 1.29 is 14.3 Å². The minimum absolute atomic E-state index is 0.156. The summed E-state index contributed by atoms with van der Waals surface area (Å²) in [7, 11) is 1.78. The maximum absolute atomic E-state index is 12.8. The SMILES string of the molecule is Cn1ccnc1C(=O)c1ccc(NC(=O)c2ccccc2SCC2CCCO2)cc1. The molecular weight excluding hydrogens is 398 g/mol. The minimum atomic E-state index is -0.173. The molecule has 0 bridgehead atoms. The van der Waals surface area contributed by atoms with Crippen molar-refractivity contribution in [2.75, 3.05) is 17.7 Å². The second-order valence-corrected chi connectivity index (χ2v) is 8.23. The van der Waals surface area contributed by atoms with Gasteiger partial charge in [-0.15, -0.1) is 11.8 Å². The summed E-state index contributed by atoms with van der Waals surface area (Å²) in [6.07, 6.45) is 5.76. The Balaban J connectivity index is 1.42. The van der Waals surface area contributed by atoms with Crippen LogP contribution in [0.25, 0.3) is 0 Å². The standard InChI is InChI=1S/C23H23N3O3S/c1-26-13-12-24-22(26)21(27)16-8-10-17(11-9-16)25-23(28)19-6-2-3-7-20(19)30-15-18-5-4-14-29-18/h2-3,6-13,18H,4-5,14-15H2,1H3,(H,25,28). The molecule has 7 heteroatoms. The fraction of sp³-hybridized carbons (Fsp3) is 0.261. The van der Waals surface area contributed by atoms with Crippen LogP contribution in [-0.2, 0) is 11.8 Å². The Labute approximate surface area is 179 Å². The summed E-state index contributed by atoms with van der Waals surface area (Å²) in [5.74, 6) is 0.891. The van der Waals surface area contributed by atoms with Crippen LogP contribution < -0.4 is 5.32 Å². The highest BCUT2D eigenvalue weighted by Gasteiger charge is 2.18. The van der Waals surface area contributed by atoms with E-state index < -0.39 is 0 Å². The van der Waals surface area contributed by atoms with Crippen LogP contribution in [0.4, 0.5) is 5.69 Å². The Bertz CT molecular complexity index is 1040. The van der Waals surface area contributed by atoms with Gasteiger partial charge in [0.15, 0.2) is 5.82 Å². The average Bonchev–Trinajstić information content (AvgIpc) is 3.44. The quantitative estimate of drug-likeness (QED) is 0.458. The topological polar surface area (TPSA) is 73.2 Å². The first kappa shape index (κ1) is 20.4. The van der Waals surface area contributed by atoms with Gasteiger partial charge in [0.25, 0.3) is 5.91 Å². The Morgan fingerprint density at radius 2 is 2.00 bits per heavy atom. The number of carbonyl (C=O) groups excluding carboxylic acids is 2. The van der Waals surface area contributed by atoms with Crippen LogP contribution in [0.3, 0.4) is 0 Å². The normalized spacial score (nSPS) is 15.8. The highest BCUT2D eigenvalue weighted by atomic mass is 32.2. The fourth-order valence-electron chi connectivity index (χ4n) is 3.36. The zero-order valence-corrected chi connectivity index (χ0v) is 17.5. The summed E-state index contributed by atoms with van der Waals surface area (Å²) in [4.78, 5) is 30.4. The average molecular weight is 422 g/mol. The molecule has 0 radical (unpaired) electrons. The number of hydrogen-bond donors (Lipinski definition) is 1. The first-order valence-corrected chi connectivity index (χ1v) is 10.9. The van der Waals surface area contributed by atoms with E-state index in [1.54, 1.807) is 60.0 Å². The maximum atomic E-state index is 12.8. The molecule has 1 atom stereocenters. The van der Waals surface area contributed by atoms with Crippen LogP contribution in [0, 0.1) is 0 Å². The van der Waals surface area contributed by atoms with E-state index >= 15 is 0 Å². The van der Waals surface area contributed by atoms with Gasteiger partial charge < -0.3 is 14.6 Å². The van der Waals surface area contributed by atoms with E-state index in [-0.39, 0.29) is 17.8 Å². The molecule has 1 aromatic heterocycles. The molecular formula is C23H23N3O3S. The summed E-state index contributed by atoms with van der Waals surface area (Å²) < 4.78 is 7.36. The monoisotopic (exact) mass is 421 g/mol. The Hall–Kier alpha value is -2.90. The number of anilines is 1. The minimum Gasteiger partial charge on any atom is -0.377 e. The van der Waals surface area contributed by atoms with Gasteiger partial charge in [-0.05, 0) is 49.2 Å². The molecule has 1 aliphatic rings. The van der Waals surface area contributed by atoms with Gasteiger partial charge in [-0.1, -0.05) is 12.1 Å². The third-order valence-electron chi connectivity index (χ3n) is 5.01. The molecule has 0 spiro atoms. The third kappa shape index (κ3) is 4.63. The number of rotatable bonds is 7. The van der Waals surface area contributed by atoms with Gasteiger partial charge in [0.2, 0.25) is 5.78 Å². The van der Waals surface area contributed by atoms with E-state index in [1.165, 1.54) is 0 Å². The number of nitrogens with one attached hydrogen (secondary N) is 1. The predicted octanol–water partition coefficient (Wildman–Crippen LogP) is 4.17. The molecule has 1 unspecified atom stereocenters.